The van der Waals surface area contributed by atoms with Gasteiger partial charge in [-0.1, -0.05) is 0 Å². The van der Waals surface area contributed by atoms with Gasteiger partial charge in [-0.2, -0.15) is 0 Å². The minimum atomic E-state index is -3.17. The Hall–Kier alpha value is 0.410. The molecule has 3 N–H and O–H groups in total. The molecule has 0 saturated carbocycles. The van der Waals surface area contributed by atoms with Crippen molar-refractivity contribution >= 4 is 24.8 Å². The first kappa shape index (κ1) is 16.4. The van der Waals surface area contributed by atoms with Crippen molar-refractivity contribution in [3.63, 3.8) is 0 Å². The van der Waals surface area contributed by atoms with Gasteiger partial charge in [-0.25, -0.2) is 4.90 Å². The van der Waals surface area contributed by atoms with Crippen molar-refractivity contribution in [1.82, 2.24) is 4.90 Å². The van der Waals surface area contributed by atoms with Crippen molar-refractivity contribution in [3.8, 4) is 0 Å². The summed E-state index contributed by atoms with van der Waals surface area (Å²) in [5, 5.41) is 0. The SMILES string of the molecule is O=[PH](O)OCN(CO[PH](=O)O)CO[PH](=O)O. The van der Waals surface area contributed by atoms with Crippen molar-refractivity contribution in [2.24, 2.45) is 0 Å². The second-order valence-electron chi connectivity index (χ2n) is 2.29. The highest BCUT2D eigenvalue weighted by molar-refractivity contribution is 7.32. The molecule has 0 aromatic heterocycles. The van der Waals surface area contributed by atoms with Gasteiger partial charge in [0.1, 0.15) is 20.2 Å². The normalized spacial score (nSPS) is 17.2. The molecule has 0 rings (SSSR count). The Bertz CT molecular complexity index is 228. The summed E-state index contributed by atoms with van der Waals surface area (Å²) < 4.78 is 43.6. The summed E-state index contributed by atoms with van der Waals surface area (Å²) >= 11 is 0. The summed E-state index contributed by atoms with van der Waals surface area (Å²) in [4.78, 5) is 26.1. The standard InChI is InChI=1S/C3H12NO9P3/c5-14(6)11-1-4(2-12-15(7)8)3-13-16(9)10/h14-16H,1-3H2,(H,5,6)(H,7,8)(H,9,10). The Morgan fingerprint density at radius 1 is 0.750 bits per heavy atom. The summed E-state index contributed by atoms with van der Waals surface area (Å²) in [6, 6.07) is 0. The number of hydrogen-bond acceptors (Lipinski definition) is 7. The average Bonchev–Trinajstić information content (AvgIpc) is 2.15. The first-order valence-corrected chi connectivity index (χ1v) is 7.50. The largest absolute Gasteiger partial charge is 0.326 e. The molecular weight excluding hydrogens is 287 g/mol. The van der Waals surface area contributed by atoms with E-state index in [2.05, 4.69) is 13.6 Å². The molecular formula is C3H12NO9P3. The predicted octanol–water partition coefficient (Wildman–Crippen LogP) is -0.643. The van der Waals surface area contributed by atoms with Gasteiger partial charge in [0.25, 0.3) is 0 Å². The van der Waals surface area contributed by atoms with Gasteiger partial charge in [0.05, 0.1) is 0 Å². The molecule has 0 bridgehead atoms. The van der Waals surface area contributed by atoms with Crippen LogP contribution in [0.5, 0.6) is 0 Å². The maximum absolute atomic E-state index is 10.2. The zero-order valence-corrected chi connectivity index (χ0v) is 10.9. The van der Waals surface area contributed by atoms with Crippen molar-refractivity contribution < 1.29 is 41.9 Å². The lowest BCUT2D eigenvalue weighted by Gasteiger charge is -2.19. The predicted molar refractivity (Wildman–Crippen MR) is 53.4 cm³/mol. The number of rotatable bonds is 9. The highest BCUT2D eigenvalue weighted by Gasteiger charge is 2.09. The first-order valence-electron chi connectivity index (χ1n) is 3.71. The summed E-state index contributed by atoms with van der Waals surface area (Å²) in [5.74, 6) is 0. The molecule has 3 atom stereocenters. The highest BCUT2D eigenvalue weighted by Crippen LogP contribution is 2.20. The van der Waals surface area contributed by atoms with Gasteiger partial charge in [-0.05, 0) is 0 Å². The second kappa shape index (κ2) is 9.44. The smallest absolute Gasteiger partial charge is 0.317 e. The van der Waals surface area contributed by atoms with E-state index in [1.807, 2.05) is 0 Å². The van der Waals surface area contributed by atoms with Crippen LogP contribution in [0.15, 0.2) is 0 Å². The highest BCUT2D eigenvalue weighted by atomic mass is 31.1. The minimum absolute atomic E-state index is 0.446. The summed E-state index contributed by atoms with van der Waals surface area (Å²) in [7, 11) is -9.52. The fraction of sp³-hybridized carbons (Fsp3) is 1.00. The first-order chi connectivity index (χ1) is 7.41. The monoisotopic (exact) mass is 299 g/mol. The molecule has 0 amide bonds. The zero-order chi connectivity index (χ0) is 12.6. The third-order valence-corrected chi connectivity index (χ3v) is 2.24. The van der Waals surface area contributed by atoms with Gasteiger partial charge in [0.15, 0.2) is 0 Å². The maximum atomic E-state index is 10.2. The maximum Gasteiger partial charge on any atom is 0.317 e. The van der Waals surface area contributed by atoms with Crippen molar-refractivity contribution in [2.75, 3.05) is 20.2 Å². The summed E-state index contributed by atoms with van der Waals surface area (Å²) in [6.07, 6.45) is 0. The van der Waals surface area contributed by atoms with Crippen LogP contribution < -0.4 is 0 Å². The Morgan fingerprint density at radius 2 is 1.00 bits per heavy atom. The molecule has 0 aromatic rings. The van der Waals surface area contributed by atoms with Crippen LogP contribution in [0.2, 0.25) is 0 Å². The Labute approximate surface area is 92.6 Å². The zero-order valence-electron chi connectivity index (χ0n) is 7.86. The van der Waals surface area contributed by atoms with E-state index >= 15 is 0 Å². The summed E-state index contributed by atoms with van der Waals surface area (Å²) in [5.41, 5.74) is 0. The second-order valence-corrected chi connectivity index (χ2v) is 4.75. The Morgan fingerprint density at radius 3 is 1.19 bits per heavy atom. The van der Waals surface area contributed by atoms with Gasteiger partial charge < -0.3 is 14.7 Å². The van der Waals surface area contributed by atoms with E-state index in [-0.39, 0.29) is 0 Å². The van der Waals surface area contributed by atoms with Crippen LogP contribution >= 0.6 is 24.8 Å². The fourth-order valence-corrected chi connectivity index (χ4v) is 1.43. The van der Waals surface area contributed by atoms with Crippen molar-refractivity contribution in [2.45, 2.75) is 0 Å². The van der Waals surface area contributed by atoms with Gasteiger partial charge >= 0.3 is 24.8 Å². The van der Waals surface area contributed by atoms with E-state index in [1.165, 1.54) is 0 Å². The quantitative estimate of drug-likeness (QED) is 0.371. The molecule has 0 aliphatic rings. The van der Waals surface area contributed by atoms with Gasteiger partial charge in [0.2, 0.25) is 0 Å². The molecule has 16 heavy (non-hydrogen) atoms. The van der Waals surface area contributed by atoms with Crippen LogP contribution in [0, 0.1) is 0 Å². The van der Waals surface area contributed by atoms with E-state index in [9.17, 15) is 13.7 Å². The average molecular weight is 299 g/mol. The van der Waals surface area contributed by atoms with Crippen LogP contribution in [-0.4, -0.2) is 39.8 Å². The lowest BCUT2D eigenvalue weighted by Crippen LogP contribution is -2.28. The molecule has 0 heterocycles. The third-order valence-electron chi connectivity index (χ3n) is 1.11. The summed E-state index contributed by atoms with van der Waals surface area (Å²) in [6.45, 7) is -1.34. The van der Waals surface area contributed by atoms with Gasteiger partial charge in [0, 0.05) is 0 Å². The molecule has 0 fully saturated rings. The van der Waals surface area contributed by atoms with Crippen molar-refractivity contribution in [3.05, 3.63) is 0 Å². The molecule has 0 aromatic carbocycles. The Kier molecular flexibility index (Phi) is 9.68. The van der Waals surface area contributed by atoms with E-state index < -0.39 is 45.0 Å². The van der Waals surface area contributed by atoms with Crippen LogP contribution in [-0.2, 0) is 27.3 Å². The van der Waals surface area contributed by atoms with Gasteiger partial charge in [-0.3, -0.25) is 27.3 Å². The van der Waals surface area contributed by atoms with Crippen LogP contribution in [0.25, 0.3) is 0 Å². The minimum Gasteiger partial charge on any atom is -0.326 e. The molecule has 0 spiro atoms. The molecule has 10 nitrogen and oxygen atoms in total. The molecule has 0 aliphatic heterocycles. The van der Waals surface area contributed by atoms with Crippen LogP contribution in [0.1, 0.15) is 0 Å². The van der Waals surface area contributed by atoms with E-state index in [0.717, 1.165) is 4.90 Å². The number of nitrogens with zero attached hydrogens (tertiary/aromatic N) is 1. The van der Waals surface area contributed by atoms with Crippen molar-refractivity contribution in [1.29, 1.82) is 0 Å². The molecule has 98 valence electrons. The topological polar surface area (TPSA) is 143 Å². The van der Waals surface area contributed by atoms with Gasteiger partial charge in [-0.15, -0.1) is 0 Å². The Balaban J connectivity index is 3.98. The molecule has 0 saturated heterocycles. The van der Waals surface area contributed by atoms with E-state index in [1.54, 1.807) is 0 Å². The molecule has 3 unspecified atom stereocenters. The van der Waals surface area contributed by atoms with Crippen LogP contribution in [0.4, 0.5) is 0 Å². The molecule has 13 heteroatoms. The third kappa shape index (κ3) is 10.9. The van der Waals surface area contributed by atoms with E-state index in [0.29, 0.717) is 0 Å². The van der Waals surface area contributed by atoms with E-state index in [4.69, 9.17) is 14.7 Å². The fourth-order valence-electron chi connectivity index (χ4n) is 0.551. The lowest BCUT2D eigenvalue weighted by atomic mass is 10.9. The number of hydrogen-bond donors (Lipinski definition) is 3. The molecule has 0 radical (unpaired) electrons. The lowest BCUT2D eigenvalue weighted by molar-refractivity contribution is -0.00114. The van der Waals surface area contributed by atoms with Crippen LogP contribution in [0.3, 0.4) is 0 Å². The molecule has 0 aliphatic carbocycles.